The second-order valence-electron chi connectivity index (χ2n) is 7.29. The first kappa shape index (κ1) is 18.4. The SMILES string of the molecule is CC(C(=O)Nc1cccc(CN2CCCCC2)c1)n1cnc2c(N)ncnc21. The summed E-state index contributed by atoms with van der Waals surface area (Å²) in [7, 11) is 0. The molecule has 0 saturated carbocycles. The molecule has 3 heterocycles. The fraction of sp³-hybridized carbons (Fsp3) is 0.400. The number of carbonyl (C=O) groups is 1. The van der Waals surface area contributed by atoms with Crippen LogP contribution in [0, 0.1) is 0 Å². The molecule has 1 fully saturated rings. The number of amides is 1. The van der Waals surface area contributed by atoms with E-state index < -0.39 is 6.04 Å². The predicted octanol–water partition coefficient (Wildman–Crippen LogP) is 2.59. The van der Waals surface area contributed by atoms with Crippen LogP contribution in [0.3, 0.4) is 0 Å². The van der Waals surface area contributed by atoms with Crippen LogP contribution in [0.4, 0.5) is 11.5 Å². The number of fused-ring (bicyclic) bond motifs is 1. The quantitative estimate of drug-likeness (QED) is 0.706. The zero-order valence-electron chi connectivity index (χ0n) is 16.0. The van der Waals surface area contributed by atoms with Gasteiger partial charge < -0.3 is 15.6 Å². The Bertz CT molecular complexity index is 978. The van der Waals surface area contributed by atoms with Gasteiger partial charge in [-0.2, -0.15) is 0 Å². The van der Waals surface area contributed by atoms with E-state index in [2.05, 4.69) is 31.2 Å². The molecule has 1 saturated heterocycles. The van der Waals surface area contributed by atoms with Crippen LogP contribution in [-0.4, -0.2) is 43.4 Å². The summed E-state index contributed by atoms with van der Waals surface area (Å²) in [5.41, 5.74) is 8.89. The standard InChI is InChI=1S/C20H25N7O/c1-14(27-13-24-17-18(21)22-12-23-19(17)27)20(28)25-16-7-5-6-15(10-16)11-26-8-3-2-4-9-26/h5-7,10,12-14H,2-4,8-9,11H2,1H3,(H,25,28)(H2,21,22,23). The highest BCUT2D eigenvalue weighted by Crippen LogP contribution is 2.21. The van der Waals surface area contributed by atoms with Crippen molar-refractivity contribution in [2.75, 3.05) is 24.1 Å². The number of nitrogen functional groups attached to an aromatic ring is 1. The van der Waals surface area contributed by atoms with Crippen molar-refractivity contribution < 1.29 is 4.79 Å². The van der Waals surface area contributed by atoms with E-state index in [1.807, 2.05) is 25.1 Å². The third-order valence-electron chi connectivity index (χ3n) is 5.23. The minimum atomic E-state index is -0.481. The zero-order valence-corrected chi connectivity index (χ0v) is 16.0. The summed E-state index contributed by atoms with van der Waals surface area (Å²) in [5, 5.41) is 3.01. The highest BCUT2D eigenvalue weighted by Gasteiger charge is 2.19. The second-order valence-corrected chi connectivity index (χ2v) is 7.29. The van der Waals surface area contributed by atoms with E-state index in [1.54, 1.807) is 10.9 Å². The molecule has 0 bridgehead atoms. The third kappa shape index (κ3) is 3.82. The van der Waals surface area contributed by atoms with Gasteiger partial charge in [-0.25, -0.2) is 15.0 Å². The average molecular weight is 379 g/mol. The van der Waals surface area contributed by atoms with Crippen molar-refractivity contribution in [1.29, 1.82) is 0 Å². The Hall–Kier alpha value is -3.00. The number of carbonyl (C=O) groups excluding carboxylic acids is 1. The lowest BCUT2D eigenvalue weighted by molar-refractivity contribution is -0.118. The first-order chi connectivity index (χ1) is 13.6. The van der Waals surface area contributed by atoms with Gasteiger partial charge in [-0.05, 0) is 50.6 Å². The summed E-state index contributed by atoms with van der Waals surface area (Å²) in [6, 6.07) is 7.57. The number of nitrogens with zero attached hydrogens (tertiary/aromatic N) is 5. The highest BCUT2D eigenvalue weighted by molar-refractivity contribution is 5.94. The van der Waals surface area contributed by atoms with Gasteiger partial charge in [-0.1, -0.05) is 18.6 Å². The van der Waals surface area contributed by atoms with Crippen LogP contribution in [0.15, 0.2) is 36.9 Å². The molecule has 28 heavy (non-hydrogen) atoms. The number of anilines is 2. The van der Waals surface area contributed by atoms with Crippen LogP contribution in [0.2, 0.25) is 0 Å². The smallest absolute Gasteiger partial charge is 0.247 e. The number of benzene rings is 1. The van der Waals surface area contributed by atoms with Crippen LogP contribution in [0.25, 0.3) is 11.2 Å². The summed E-state index contributed by atoms with van der Waals surface area (Å²) in [6.07, 6.45) is 6.81. The Balaban J connectivity index is 1.46. The topological polar surface area (TPSA) is 102 Å². The van der Waals surface area contributed by atoms with Crippen LogP contribution in [-0.2, 0) is 11.3 Å². The van der Waals surface area contributed by atoms with Crippen molar-refractivity contribution in [2.45, 2.75) is 38.8 Å². The van der Waals surface area contributed by atoms with Gasteiger partial charge >= 0.3 is 0 Å². The van der Waals surface area contributed by atoms with Gasteiger partial charge in [0.25, 0.3) is 0 Å². The Morgan fingerprint density at radius 1 is 1.21 bits per heavy atom. The monoisotopic (exact) mass is 379 g/mol. The van der Waals surface area contributed by atoms with E-state index in [4.69, 9.17) is 5.73 Å². The lowest BCUT2D eigenvalue weighted by atomic mass is 10.1. The van der Waals surface area contributed by atoms with Crippen LogP contribution < -0.4 is 11.1 Å². The number of rotatable bonds is 5. The number of likely N-dealkylation sites (tertiary alicyclic amines) is 1. The second kappa shape index (κ2) is 7.93. The minimum absolute atomic E-state index is 0.133. The maximum atomic E-state index is 12.8. The molecular formula is C20H25N7O. The van der Waals surface area contributed by atoms with Gasteiger partial charge in [0.15, 0.2) is 11.5 Å². The van der Waals surface area contributed by atoms with Gasteiger partial charge in [-0.3, -0.25) is 9.69 Å². The molecule has 8 nitrogen and oxygen atoms in total. The maximum Gasteiger partial charge on any atom is 0.247 e. The molecule has 3 N–H and O–H groups in total. The first-order valence-corrected chi connectivity index (χ1v) is 9.67. The average Bonchev–Trinajstić information content (AvgIpc) is 3.14. The van der Waals surface area contributed by atoms with Crippen molar-refractivity contribution >= 4 is 28.6 Å². The van der Waals surface area contributed by atoms with Gasteiger partial charge in [0.1, 0.15) is 17.9 Å². The first-order valence-electron chi connectivity index (χ1n) is 9.67. The van der Waals surface area contributed by atoms with Gasteiger partial charge in [0.05, 0.1) is 6.33 Å². The summed E-state index contributed by atoms with van der Waals surface area (Å²) in [6.45, 7) is 5.02. The molecule has 1 aliphatic rings. The Morgan fingerprint density at radius 2 is 2.04 bits per heavy atom. The molecule has 3 aromatic rings. The number of imidazole rings is 1. The molecule has 2 aromatic heterocycles. The fourth-order valence-corrected chi connectivity index (χ4v) is 3.65. The molecule has 1 atom stereocenters. The maximum absolute atomic E-state index is 12.8. The lowest BCUT2D eigenvalue weighted by Crippen LogP contribution is -2.29. The van der Waals surface area contributed by atoms with Crippen LogP contribution in [0.1, 0.15) is 37.8 Å². The Kier molecular flexibility index (Phi) is 5.21. The number of aromatic nitrogens is 4. The number of hydrogen-bond donors (Lipinski definition) is 2. The molecule has 1 unspecified atom stereocenters. The molecular weight excluding hydrogens is 354 g/mol. The normalized spacial score (nSPS) is 16.2. The van der Waals surface area contributed by atoms with E-state index in [9.17, 15) is 4.79 Å². The number of nitrogens with two attached hydrogens (primary N) is 1. The third-order valence-corrected chi connectivity index (χ3v) is 5.23. The molecule has 1 amide bonds. The van der Waals surface area contributed by atoms with Crippen molar-refractivity contribution in [1.82, 2.24) is 24.4 Å². The van der Waals surface area contributed by atoms with E-state index in [0.29, 0.717) is 17.0 Å². The molecule has 0 aliphatic carbocycles. The fourth-order valence-electron chi connectivity index (χ4n) is 3.65. The van der Waals surface area contributed by atoms with Crippen molar-refractivity contribution in [2.24, 2.45) is 0 Å². The number of nitrogens with one attached hydrogen (secondary N) is 1. The summed E-state index contributed by atoms with van der Waals surface area (Å²) in [4.78, 5) is 27.7. The molecule has 4 rings (SSSR count). The van der Waals surface area contributed by atoms with E-state index in [0.717, 1.165) is 25.3 Å². The van der Waals surface area contributed by atoms with E-state index in [1.165, 1.54) is 31.2 Å². The number of piperidine rings is 1. The molecule has 8 heteroatoms. The predicted molar refractivity (Wildman–Crippen MR) is 109 cm³/mol. The van der Waals surface area contributed by atoms with Crippen LogP contribution in [0.5, 0.6) is 0 Å². The zero-order chi connectivity index (χ0) is 19.5. The number of hydrogen-bond acceptors (Lipinski definition) is 6. The summed E-state index contributed by atoms with van der Waals surface area (Å²) < 4.78 is 1.71. The largest absolute Gasteiger partial charge is 0.382 e. The van der Waals surface area contributed by atoms with Crippen molar-refractivity contribution in [3.05, 3.63) is 42.5 Å². The highest BCUT2D eigenvalue weighted by atomic mass is 16.2. The minimum Gasteiger partial charge on any atom is -0.382 e. The molecule has 146 valence electrons. The molecule has 1 aromatic carbocycles. The lowest BCUT2D eigenvalue weighted by Gasteiger charge is -2.26. The van der Waals surface area contributed by atoms with Crippen LogP contribution >= 0.6 is 0 Å². The molecule has 0 radical (unpaired) electrons. The van der Waals surface area contributed by atoms with E-state index >= 15 is 0 Å². The Labute approximate surface area is 163 Å². The van der Waals surface area contributed by atoms with Crippen molar-refractivity contribution in [3.8, 4) is 0 Å². The summed E-state index contributed by atoms with van der Waals surface area (Å²) in [5.74, 6) is 0.174. The van der Waals surface area contributed by atoms with Crippen molar-refractivity contribution in [3.63, 3.8) is 0 Å². The van der Waals surface area contributed by atoms with Gasteiger partial charge in [0, 0.05) is 12.2 Å². The van der Waals surface area contributed by atoms with Gasteiger partial charge in [0.2, 0.25) is 5.91 Å². The molecule has 1 aliphatic heterocycles. The molecule has 0 spiro atoms. The van der Waals surface area contributed by atoms with Gasteiger partial charge in [-0.15, -0.1) is 0 Å². The van der Waals surface area contributed by atoms with E-state index in [-0.39, 0.29) is 5.91 Å². The summed E-state index contributed by atoms with van der Waals surface area (Å²) >= 11 is 0. The Morgan fingerprint density at radius 3 is 2.86 bits per heavy atom.